The van der Waals surface area contributed by atoms with Crippen LogP contribution in [0.5, 0.6) is 11.5 Å². The van der Waals surface area contributed by atoms with Gasteiger partial charge in [-0.2, -0.15) is 0 Å². The van der Waals surface area contributed by atoms with E-state index in [2.05, 4.69) is 19.2 Å². The normalized spacial score (nSPS) is 10.7. The zero-order valence-electron chi connectivity index (χ0n) is 14.3. The molecule has 3 nitrogen and oxygen atoms in total. The molecule has 1 amide bonds. The molecule has 0 spiro atoms. The molecule has 2 rings (SSSR count). The van der Waals surface area contributed by atoms with Crippen LogP contribution in [0.25, 0.3) is 0 Å². The molecule has 1 N–H and O–H groups in total. The van der Waals surface area contributed by atoms with Crippen LogP contribution in [-0.4, -0.2) is 5.91 Å². The SMILES string of the molecule is CCC(CC)C(=O)Nc1cccc(Oc2ccc(C)c(C)c2)c1. The Labute approximate surface area is 138 Å². The molecule has 0 aliphatic heterocycles. The molecule has 0 heterocycles. The molecular formula is C20H25NO2. The Hall–Kier alpha value is -2.29. The third-order valence-corrected chi connectivity index (χ3v) is 4.17. The van der Waals surface area contributed by atoms with Crippen LogP contribution in [0.4, 0.5) is 5.69 Å². The molecule has 0 radical (unpaired) electrons. The standard InChI is InChI=1S/C20H25NO2/c1-5-16(6-2)20(22)21-17-8-7-9-18(13-17)23-19-11-10-14(3)15(4)12-19/h7-13,16H,5-6H2,1-4H3,(H,21,22). The lowest BCUT2D eigenvalue weighted by Crippen LogP contribution is -2.21. The second-order valence-electron chi connectivity index (χ2n) is 5.88. The van der Waals surface area contributed by atoms with E-state index in [1.54, 1.807) is 0 Å². The van der Waals surface area contributed by atoms with E-state index in [4.69, 9.17) is 4.74 Å². The molecule has 0 aromatic heterocycles. The Kier molecular flexibility index (Phi) is 5.80. The van der Waals surface area contributed by atoms with Crippen molar-refractivity contribution in [3.63, 3.8) is 0 Å². The summed E-state index contributed by atoms with van der Waals surface area (Å²) < 4.78 is 5.90. The third kappa shape index (κ3) is 4.59. The minimum atomic E-state index is 0.0549. The first-order valence-electron chi connectivity index (χ1n) is 8.19. The Morgan fingerprint density at radius 3 is 2.35 bits per heavy atom. The van der Waals surface area contributed by atoms with Crippen molar-refractivity contribution in [2.45, 2.75) is 40.5 Å². The largest absolute Gasteiger partial charge is 0.457 e. The van der Waals surface area contributed by atoms with Gasteiger partial charge in [0, 0.05) is 17.7 Å². The van der Waals surface area contributed by atoms with E-state index < -0.39 is 0 Å². The van der Waals surface area contributed by atoms with Crippen LogP contribution >= 0.6 is 0 Å². The number of hydrogen-bond donors (Lipinski definition) is 1. The highest BCUT2D eigenvalue weighted by molar-refractivity contribution is 5.92. The van der Waals surface area contributed by atoms with Gasteiger partial charge in [0.1, 0.15) is 11.5 Å². The highest BCUT2D eigenvalue weighted by atomic mass is 16.5. The Morgan fingerprint density at radius 2 is 1.70 bits per heavy atom. The number of nitrogens with one attached hydrogen (secondary N) is 1. The minimum absolute atomic E-state index is 0.0549. The van der Waals surface area contributed by atoms with Crippen LogP contribution in [0, 0.1) is 19.8 Å². The molecule has 2 aromatic rings. The van der Waals surface area contributed by atoms with Gasteiger partial charge in [0.25, 0.3) is 0 Å². The quantitative estimate of drug-likeness (QED) is 0.768. The summed E-state index contributed by atoms with van der Waals surface area (Å²) in [6, 6.07) is 13.5. The van der Waals surface area contributed by atoms with E-state index in [1.165, 1.54) is 11.1 Å². The minimum Gasteiger partial charge on any atom is -0.457 e. The number of carbonyl (C=O) groups is 1. The monoisotopic (exact) mass is 311 g/mol. The Bertz CT molecular complexity index is 675. The summed E-state index contributed by atoms with van der Waals surface area (Å²) in [4.78, 5) is 12.2. The van der Waals surface area contributed by atoms with E-state index >= 15 is 0 Å². The number of rotatable bonds is 6. The van der Waals surface area contributed by atoms with Gasteiger partial charge in [-0.3, -0.25) is 4.79 Å². The number of ether oxygens (including phenoxy) is 1. The van der Waals surface area contributed by atoms with Gasteiger partial charge in [0.15, 0.2) is 0 Å². The fraction of sp³-hybridized carbons (Fsp3) is 0.350. The van der Waals surface area contributed by atoms with Gasteiger partial charge in [0.2, 0.25) is 5.91 Å². The van der Waals surface area contributed by atoms with Gasteiger partial charge < -0.3 is 10.1 Å². The average Bonchev–Trinajstić information content (AvgIpc) is 2.52. The molecule has 0 unspecified atom stereocenters. The number of amides is 1. The first kappa shape index (κ1) is 17.1. The van der Waals surface area contributed by atoms with Crippen LogP contribution in [0.15, 0.2) is 42.5 Å². The van der Waals surface area contributed by atoms with Gasteiger partial charge in [0.05, 0.1) is 0 Å². The molecule has 23 heavy (non-hydrogen) atoms. The van der Waals surface area contributed by atoms with Crippen molar-refractivity contribution in [3.05, 3.63) is 53.6 Å². The van der Waals surface area contributed by atoms with Crippen LogP contribution in [0.3, 0.4) is 0 Å². The maximum absolute atomic E-state index is 12.2. The van der Waals surface area contributed by atoms with E-state index in [1.807, 2.05) is 56.3 Å². The lowest BCUT2D eigenvalue weighted by atomic mass is 10.0. The summed E-state index contributed by atoms with van der Waals surface area (Å²) in [5, 5.41) is 2.97. The molecule has 2 aromatic carbocycles. The molecule has 0 aliphatic rings. The number of anilines is 1. The highest BCUT2D eigenvalue weighted by Crippen LogP contribution is 2.26. The summed E-state index contributed by atoms with van der Waals surface area (Å²) in [6.45, 7) is 8.21. The number of benzene rings is 2. The summed E-state index contributed by atoms with van der Waals surface area (Å²) in [6.07, 6.45) is 1.70. The molecule has 0 bridgehead atoms. The van der Waals surface area contributed by atoms with Crippen molar-refractivity contribution in [2.24, 2.45) is 5.92 Å². The summed E-state index contributed by atoms with van der Waals surface area (Å²) in [5.74, 6) is 1.64. The predicted octanol–water partition coefficient (Wildman–Crippen LogP) is 5.47. The molecule has 0 atom stereocenters. The summed E-state index contributed by atoms with van der Waals surface area (Å²) in [5.41, 5.74) is 3.20. The molecule has 122 valence electrons. The second kappa shape index (κ2) is 7.82. The van der Waals surface area contributed by atoms with Crippen LogP contribution in [-0.2, 0) is 4.79 Å². The zero-order chi connectivity index (χ0) is 16.8. The van der Waals surface area contributed by atoms with Gasteiger partial charge in [-0.05, 0) is 62.1 Å². The van der Waals surface area contributed by atoms with Gasteiger partial charge in [-0.1, -0.05) is 26.0 Å². The molecular weight excluding hydrogens is 286 g/mol. The molecule has 0 saturated heterocycles. The molecule has 0 aliphatic carbocycles. The number of aryl methyl sites for hydroxylation is 2. The molecule has 3 heteroatoms. The summed E-state index contributed by atoms with van der Waals surface area (Å²) in [7, 11) is 0. The topological polar surface area (TPSA) is 38.3 Å². The number of hydrogen-bond acceptors (Lipinski definition) is 2. The maximum Gasteiger partial charge on any atom is 0.227 e. The van der Waals surface area contributed by atoms with Crippen molar-refractivity contribution in [2.75, 3.05) is 5.32 Å². The third-order valence-electron chi connectivity index (χ3n) is 4.17. The smallest absolute Gasteiger partial charge is 0.227 e. The van der Waals surface area contributed by atoms with Crippen molar-refractivity contribution in [1.29, 1.82) is 0 Å². The fourth-order valence-corrected chi connectivity index (χ4v) is 2.45. The molecule has 0 saturated carbocycles. The first-order chi connectivity index (χ1) is 11.0. The van der Waals surface area contributed by atoms with E-state index in [0.717, 1.165) is 30.0 Å². The second-order valence-corrected chi connectivity index (χ2v) is 5.88. The van der Waals surface area contributed by atoms with Crippen molar-refractivity contribution in [3.8, 4) is 11.5 Å². The predicted molar refractivity (Wildman–Crippen MR) is 95.1 cm³/mol. The first-order valence-corrected chi connectivity index (χ1v) is 8.19. The van der Waals surface area contributed by atoms with Gasteiger partial charge in [-0.15, -0.1) is 0 Å². The highest BCUT2D eigenvalue weighted by Gasteiger charge is 2.14. The van der Waals surface area contributed by atoms with Crippen LogP contribution in [0.2, 0.25) is 0 Å². The zero-order valence-corrected chi connectivity index (χ0v) is 14.3. The van der Waals surface area contributed by atoms with Gasteiger partial charge in [-0.25, -0.2) is 0 Å². The average molecular weight is 311 g/mol. The van der Waals surface area contributed by atoms with E-state index in [0.29, 0.717) is 0 Å². The molecule has 0 fully saturated rings. The maximum atomic E-state index is 12.2. The number of carbonyl (C=O) groups excluding carboxylic acids is 1. The van der Waals surface area contributed by atoms with Crippen molar-refractivity contribution < 1.29 is 9.53 Å². The van der Waals surface area contributed by atoms with Crippen LogP contribution < -0.4 is 10.1 Å². The lowest BCUT2D eigenvalue weighted by molar-refractivity contribution is -0.120. The Balaban J connectivity index is 2.10. The van der Waals surface area contributed by atoms with Crippen molar-refractivity contribution in [1.82, 2.24) is 0 Å². The lowest BCUT2D eigenvalue weighted by Gasteiger charge is -2.14. The van der Waals surface area contributed by atoms with Gasteiger partial charge >= 0.3 is 0 Å². The summed E-state index contributed by atoms with van der Waals surface area (Å²) >= 11 is 0. The fourth-order valence-electron chi connectivity index (χ4n) is 2.45. The van der Waals surface area contributed by atoms with E-state index in [-0.39, 0.29) is 11.8 Å². The van der Waals surface area contributed by atoms with Crippen LogP contribution in [0.1, 0.15) is 37.8 Å². The van der Waals surface area contributed by atoms with Crippen molar-refractivity contribution >= 4 is 11.6 Å². The Morgan fingerprint density at radius 1 is 1.00 bits per heavy atom. The van der Waals surface area contributed by atoms with E-state index in [9.17, 15) is 4.79 Å².